The molecule has 0 saturated heterocycles. The van der Waals surface area contributed by atoms with Gasteiger partial charge in [0, 0.05) is 38.6 Å². The van der Waals surface area contributed by atoms with Gasteiger partial charge in [-0.2, -0.15) is 5.26 Å². The van der Waals surface area contributed by atoms with Crippen LogP contribution in [0.1, 0.15) is 12.5 Å². The van der Waals surface area contributed by atoms with Crippen molar-refractivity contribution in [2.45, 2.75) is 6.92 Å². The van der Waals surface area contributed by atoms with Crippen molar-refractivity contribution in [3.63, 3.8) is 0 Å². The lowest BCUT2D eigenvalue weighted by Crippen LogP contribution is -2.20. The van der Waals surface area contributed by atoms with Crippen molar-refractivity contribution in [1.29, 1.82) is 5.26 Å². The Morgan fingerprint density at radius 3 is 2.40 bits per heavy atom. The van der Waals surface area contributed by atoms with E-state index in [1.165, 1.54) is 4.57 Å². The molecule has 0 bridgehead atoms. The molecule has 3 aromatic rings. The third-order valence-electron chi connectivity index (χ3n) is 4.50. The van der Waals surface area contributed by atoms with Gasteiger partial charge in [-0.15, -0.1) is 0 Å². The van der Waals surface area contributed by atoms with E-state index in [0.29, 0.717) is 38.0 Å². The summed E-state index contributed by atoms with van der Waals surface area (Å²) in [5.41, 5.74) is 3.31. The number of nitrogens with zero attached hydrogens (tertiary/aromatic N) is 2. The second-order valence-corrected chi connectivity index (χ2v) is 7.33. The van der Waals surface area contributed by atoms with Gasteiger partial charge in [-0.1, -0.05) is 60.1 Å². The van der Waals surface area contributed by atoms with Crippen molar-refractivity contribution in [2.24, 2.45) is 0 Å². The highest BCUT2D eigenvalue weighted by Crippen LogP contribution is 2.30. The summed E-state index contributed by atoms with van der Waals surface area (Å²) in [5, 5.41) is 10.4. The van der Waals surface area contributed by atoms with E-state index >= 15 is 0 Å². The fourth-order valence-corrected chi connectivity index (χ4v) is 3.64. The van der Waals surface area contributed by atoms with E-state index < -0.39 is 0 Å². The maximum atomic E-state index is 13.4. The van der Waals surface area contributed by atoms with Crippen LogP contribution in [0.4, 0.5) is 0 Å². The van der Waals surface area contributed by atoms with Crippen molar-refractivity contribution < 1.29 is 0 Å². The molecule has 1 heterocycles. The van der Waals surface area contributed by atoms with Gasteiger partial charge in [0.05, 0.1) is 11.6 Å². The SMILES string of the molecule is C=C/C(=C\C=C/C)n1cc(-c2ccccc2C#N)cc(-c2cc(Cl)cc(Cl)c2)c1=O. The predicted molar refractivity (Wildman–Crippen MR) is 126 cm³/mol. The van der Waals surface area contributed by atoms with Crippen LogP contribution >= 0.6 is 23.2 Å². The molecule has 2 aromatic carbocycles. The van der Waals surface area contributed by atoms with Crippen molar-refractivity contribution in [3.8, 4) is 28.3 Å². The van der Waals surface area contributed by atoms with Crippen molar-refractivity contribution in [2.75, 3.05) is 0 Å². The van der Waals surface area contributed by atoms with E-state index in [9.17, 15) is 10.1 Å². The molecule has 0 spiro atoms. The zero-order valence-corrected chi connectivity index (χ0v) is 17.8. The number of benzene rings is 2. The van der Waals surface area contributed by atoms with Crippen molar-refractivity contribution >= 4 is 28.9 Å². The number of nitriles is 1. The fraction of sp³-hybridized carbons (Fsp3) is 0.0400. The standard InChI is InChI=1S/C25H18Cl2N2O/c1-3-5-9-22(4-2)29-16-19(23-10-7-6-8-17(23)15-28)13-24(25(29)30)18-11-20(26)14-21(27)12-18/h3-14,16H,2H2,1H3/b5-3-,22-9+. The molecular formula is C25H18Cl2N2O. The van der Waals surface area contributed by atoms with E-state index in [2.05, 4.69) is 12.6 Å². The summed E-state index contributed by atoms with van der Waals surface area (Å²) in [6.45, 7) is 5.73. The summed E-state index contributed by atoms with van der Waals surface area (Å²) in [7, 11) is 0. The van der Waals surface area contributed by atoms with Gasteiger partial charge in [-0.05, 0) is 55.0 Å². The molecule has 0 fully saturated rings. The Kier molecular flexibility index (Phi) is 6.74. The highest BCUT2D eigenvalue weighted by molar-refractivity contribution is 6.35. The third kappa shape index (κ3) is 4.46. The van der Waals surface area contributed by atoms with Gasteiger partial charge in [-0.3, -0.25) is 9.36 Å². The minimum absolute atomic E-state index is 0.248. The lowest BCUT2D eigenvalue weighted by atomic mass is 9.98. The molecule has 30 heavy (non-hydrogen) atoms. The lowest BCUT2D eigenvalue weighted by molar-refractivity contribution is 1.03. The Balaban J connectivity index is 2.40. The van der Waals surface area contributed by atoms with E-state index in [1.807, 2.05) is 31.2 Å². The number of halogens is 2. The first-order chi connectivity index (χ1) is 14.5. The molecule has 0 atom stereocenters. The summed E-state index contributed by atoms with van der Waals surface area (Å²) in [5.74, 6) is 0. The first-order valence-electron chi connectivity index (χ1n) is 9.17. The lowest BCUT2D eigenvalue weighted by Gasteiger charge is -2.14. The molecule has 3 nitrogen and oxygen atoms in total. The molecule has 0 unspecified atom stereocenters. The number of pyridine rings is 1. The van der Waals surface area contributed by atoms with Crippen LogP contribution in [-0.4, -0.2) is 4.57 Å². The normalized spacial score (nSPS) is 11.5. The molecule has 0 aliphatic heterocycles. The van der Waals surface area contributed by atoms with E-state index in [-0.39, 0.29) is 5.56 Å². The van der Waals surface area contributed by atoms with Gasteiger partial charge in [0.15, 0.2) is 0 Å². The van der Waals surface area contributed by atoms with Crippen molar-refractivity contribution in [3.05, 3.63) is 112 Å². The van der Waals surface area contributed by atoms with Crippen LogP contribution < -0.4 is 5.56 Å². The van der Waals surface area contributed by atoms with Gasteiger partial charge in [0.2, 0.25) is 0 Å². The molecule has 5 heteroatoms. The molecule has 0 saturated carbocycles. The minimum atomic E-state index is -0.248. The number of hydrogen-bond donors (Lipinski definition) is 0. The molecular weight excluding hydrogens is 415 g/mol. The van der Waals surface area contributed by atoms with Crippen molar-refractivity contribution in [1.82, 2.24) is 4.57 Å². The third-order valence-corrected chi connectivity index (χ3v) is 4.93. The predicted octanol–water partition coefficient (Wildman–Crippen LogP) is 6.96. The highest BCUT2D eigenvalue weighted by atomic mass is 35.5. The Labute approximate surface area is 185 Å². The second-order valence-electron chi connectivity index (χ2n) is 6.45. The zero-order valence-electron chi connectivity index (χ0n) is 16.3. The average molecular weight is 433 g/mol. The van der Waals surface area contributed by atoms with Crippen LogP contribution in [0.2, 0.25) is 10.0 Å². The van der Waals surface area contributed by atoms with Crippen LogP contribution in [0.3, 0.4) is 0 Å². The van der Waals surface area contributed by atoms with Crippen LogP contribution in [0, 0.1) is 11.3 Å². The van der Waals surface area contributed by atoms with Gasteiger partial charge in [0.25, 0.3) is 5.56 Å². The first-order valence-corrected chi connectivity index (χ1v) is 9.92. The van der Waals surface area contributed by atoms with Gasteiger partial charge in [-0.25, -0.2) is 0 Å². The summed E-state index contributed by atoms with van der Waals surface area (Å²) in [4.78, 5) is 13.4. The molecule has 0 aliphatic carbocycles. The quantitative estimate of drug-likeness (QED) is 0.408. The number of aromatic nitrogens is 1. The number of rotatable bonds is 5. The summed E-state index contributed by atoms with van der Waals surface area (Å²) < 4.78 is 1.51. The minimum Gasteiger partial charge on any atom is -0.283 e. The van der Waals surface area contributed by atoms with Gasteiger partial charge >= 0.3 is 0 Å². The van der Waals surface area contributed by atoms with Crippen LogP contribution in [-0.2, 0) is 0 Å². The molecule has 1 aromatic heterocycles. The Morgan fingerprint density at radius 2 is 1.77 bits per heavy atom. The summed E-state index contributed by atoms with van der Waals surface area (Å²) >= 11 is 12.4. The van der Waals surface area contributed by atoms with Crippen LogP contribution in [0.15, 0.2) is 90.4 Å². The molecule has 0 aliphatic rings. The molecule has 0 N–H and O–H groups in total. The second kappa shape index (κ2) is 9.45. The summed E-state index contributed by atoms with van der Waals surface area (Å²) in [6.07, 6.45) is 8.81. The van der Waals surface area contributed by atoms with Crippen LogP contribution in [0.5, 0.6) is 0 Å². The first kappa shape index (κ1) is 21.4. The zero-order chi connectivity index (χ0) is 21.7. The Morgan fingerprint density at radius 1 is 1.07 bits per heavy atom. The molecule has 0 radical (unpaired) electrons. The number of hydrogen-bond acceptors (Lipinski definition) is 2. The van der Waals surface area contributed by atoms with E-state index in [4.69, 9.17) is 23.2 Å². The van der Waals surface area contributed by atoms with Gasteiger partial charge < -0.3 is 0 Å². The highest BCUT2D eigenvalue weighted by Gasteiger charge is 2.14. The molecule has 148 valence electrons. The summed E-state index contributed by atoms with van der Waals surface area (Å²) in [6, 6.07) is 16.2. The van der Waals surface area contributed by atoms with E-state index in [0.717, 1.165) is 5.56 Å². The smallest absolute Gasteiger partial charge is 0.262 e. The molecule has 0 amide bonds. The monoisotopic (exact) mass is 432 g/mol. The molecule has 3 rings (SSSR count). The van der Waals surface area contributed by atoms with Crippen LogP contribution in [0.25, 0.3) is 28.0 Å². The number of allylic oxidation sites excluding steroid dienone is 5. The Hall–Kier alpha value is -3.32. The maximum absolute atomic E-state index is 13.4. The topological polar surface area (TPSA) is 45.8 Å². The van der Waals surface area contributed by atoms with E-state index in [1.54, 1.807) is 54.7 Å². The Bertz CT molecular complexity index is 1260. The fourth-order valence-electron chi connectivity index (χ4n) is 3.11. The largest absolute Gasteiger partial charge is 0.283 e. The average Bonchev–Trinajstić information content (AvgIpc) is 2.74. The van der Waals surface area contributed by atoms with Gasteiger partial charge in [0.1, 0.15) is 0 Å². The maximum Gasteiger partial charge on any atom is 0.262 e.